The Kier molecular flexibility index (Phi) is 9.22. The number of piperidine rings is 1. The van der Waals surface area contributed by atoms with Crippen molar-refractivity contribution in [2.24, 2.45) is 5.92 Å². The molecule has 8 heteroatoms. The van der Waals surface area contributed by atoms with E-state index < -0.39 is 0 Å². The van der Waals surface area contributed by atoms with Crippen LogP contribution >= 0.6 is 11.6 Å². The highest BCUT2D eigenvalue weighted by Crippen LogP contribution is 2.24. The fourth-order valence-corrected chi connectivity index (χ4v) is 5.70. The number of halogens is 2. The fraction of sp³-hybridized carbons (Fsp3) is 0.452. The second-order valence-electron chi connectivity index (χ2n) is 10.8. The maximum Gasteiger partial charge on any atom is 0.225 e. The summed E-state index contributed by atoms with van der Waals surface area (Å²) >= 11 is 6.09. The molecule has 5 rings (SSSR count). The first-order valence-electron chi connectivity index (χ1n) is 13.9. The monoisotopic (exact) mass is 552 g/mol. The molecule has 2 aromatic carbocycles. The largest absolute Gasteiger partial charge is 0.489 e. The number of benzene rings is 2. The van der Waals surface area contributed by atoms with Gasteiger partial charge < -0.3 is 14.5 Å². The van der Waals surface area contributed by atoms with E-state index in [-0.39, 0.29) is 18.3 Å². The minimum absolute atomic E-state index is 0.0904. The molecule has 2 saturated heterocycles. The second-order valence-corrected chi connectivity index (χ2v) is 11.2. The Hall–Kier alpha value is -2.87. The van der Waals surface area contributed by atoms with Crippen LogP contribution < -0.4 is 4.74 Å². The maximum atomic E-state index is 14.0. The van der Waals surface area contributed by atoms with Crippen molar-refractivity contribution in [2.75, 3.05) is 59.4 Å². The summed E-state index contributed by atoms with van der Waals surface area (Å²) in [5.74, 6) is 0.811. The van der Waals surface area contributed by atoms with Crippen molar-refractivity contribution in [1.82, 2.24) is 19.6 Å². The number of nitrogens with zero attached hydrogens (tertiary/aromatic N) is 4. The van der Waals surface area contributed by atoms with Gasteiger partial charge >= 0.3 is 0 Å². The molecule has 3 aliphatic heterocycles. The Morgan fingerprint density at radius 3 is 2.36 bits per heavy atom. The summed E-state index contributed by atoms with van der Waals surface area (Å²) in [6.45, 7) is 8.19. The van der Waals surface area contributed by atoms with E-state index in [0.717, 1.165) is 71.7 Å². The predicted octanol–water partition coefficient (Wildman–Crippen LogP) is 4.80. The molecule has 3 aliphatic rings. The lowest BCUT2D eigenvalue weighted by Crippen LogP contribution is -2.51. The molecule has 0 bridgehead atoms. The third kappa shape index (κ3) is 7.41. The van der Waals surface area contributed by atoms with Crippen LogP contribution in [0.25, 0.3) is 0 Å². The van der Waals surface area contributed by atoms with Crippen LogP contribution in [-0.4, -0.2) is 84.9 Å². The predicted molar refractivity (Wildman–Crippen MR) is 153 cm³/mol. The molecule has 2 aromatic rings. The molecular weight excluding hydrogens is 515 g/mol. The van der Waals surface area contributed by atoms with Gasteiger partial charge in [0.25, 0.3) is 0 Å². The molecule has 0 atom stereocenters. The van der Waals surface area contributed by atoms with Gasteiger partial charge in [0.1, 0.15) is 18.2 Å². The number of hydrogen-bond donors (Lipinski definition) is 0. The fourth-order valence-electron chi connectivity index (χ4n) is 5.49. The number of ether oxygens (including phenoxy) is 1. The Balaban J connectivity index is 1.02. The summed E-state index contributed by atoms with van der Waals surface area (Å²) in [5, 5.41) is 0.369. The first-order chi connectivity index (χ1) is 18.9. The molecule has 0 radical (unpaired) electrons. The molecule has 39 heavy (non-hydrogen) atoms. The van der Waals surface area contributed by atoms with Crippen LogP contribution in [0, 0.1) is 11.7 Å². The number of carbonyl (C=O) groups is 1. The standard InChI is InChI=1S/C31H38ClFN4O2/c1-34-13-9-25(10-14-34)22-35-15-11-26(12-16-35)31(38)37-19-17-36(18-20-37)21-24-5-7-27(8-6-24)39-23-28-29(32)3-2-4-30(28)33/h2-10,13,26H,11-12,14-23H2,1H3. The molecule has 0 spiro atoms. The Morgan fingerprint density at radius 2 is 1.69 bits per heavy atom. The van der Waals surface area contributed by atoms with E-state index in [0.29, 0.717) is 22.2 Å². The van der Waals surface area contributed by atoms with Crippen LogP contribution in [0.3, 0.4) is 0 Å². The van der Waals surface area contributed by atoms with Crippen LogP contribution in [0.15, 0.2) is 66.4 Å². The zero-order chi connectivity index (χ0) is 27.2. The second kappa shape index (κ2) is 13.0. The lowest BCUT2D eigenvalue weighted by Gasteiger charge is -2.38. The van der Waals surface area contributed by atoms with Gasteiger partial charge in [0, 0.05) is 64.3 Å². The van der Waals surface area contributed by atoms with Gasteiger partial charge in [-0.25, -0.2) is 4.39 Å². The maximum absolute atomic E-state index is 14.0. The van der Waals surface area contributed by atoms with E-state index in [4.69, 9.17) is 16.3 Å². The van der Waals surface area contributed by atoms with Gasteiger partial charge in [-0.05, 0) is 73.6 Å². The lowest BCUT2D eigenvalue weighted by molar-refractivity contribution is -0.138. The summed E-state index contributed by atoms with van der Waals surface area (Å²) in [6.07, 6.45) is 8.54. The molecule has 0 aromatic heterocycles. The highest BCUT2D eigenvalue weighted by molar-refractivity contribution is 6.31. The quantitative estimate of drug-likeness (QED) is 0.470. The van der Waals surface area contributed by atoms with E-state index in [2.05, 4.69) is 45.0 Å². The van der Waals surface area contributed by atoms with Crippen molar-refractivity contribution in [1.29, 1.82) is 0 Å². The molecule has 208 valence electrons. The molecule has 1 amide bonds. The van der Waals surface area contributed by atoms with Crippen LogP contribution in [0.1, 0.15) is 24.0 Å². The summed E-state index contributed by atoms with van der Waals surface area (Å²) in [5.41, 5.74) is 2.93. The van der Waals surface area contributed by atoms with Gasteiger partial charge in [-0.2, -0.15) is 0 Å². The molecular formula is C31H38ClFN4O2. The van der Waals surface area contributed by atoms with Crippen molar-refractivity contribution in [3.63, 3.8) is 0 Å². The molecule has 2 fully saturated rings. The molecule has 0 N–H and O–H groups in total. The average molecular weight is 553 g/mol. The Labute approximate surface area is 236 Å². The number of hydrogen-bond acceptors (Lipinski definition) is 5. The zero-order valence-corrected chi connectivity index (χ0v) is 23.5. The number of likely N-dealkylation sites (N-methyl/N-ethyl adjacent to an activating group) is 1. The van der Waals surface area contributed by atoms with E-state index in [1.165, 1.54) is 17.2 Å². The lowest BCUT2D eigenvalue weighted by atomic mass is 9.94. The third-order valence-electron chi connectivity index (χ3n) is 7.99. The number of rotatable bonds is 8. The van der Waals surface area contributed by atoms with E-state index in [9.17, 15) is 9.18 Å². The van der Waals surface area contributed by atoms with Crippen LogP contribution in [0.4, 0.5) is 4.39 Å². The number of likely N-dealkylation sites (tertiary alicyclic amines) is 1. The molecule has 3 heterocycles. The van der Waals surface area contributed by atoms with Gasteiger partial charge in [0.15, 0.2) is 0 Å². The highest BCUT2D eigenvalue weighted by atomic mass is 35.5. The van der Waals surface area contributed by atoms with Crippen molar-refractivity contribution >= 4 is 17.5 Å². The van der Waals surface area contributed by atoms with Crippen LogP contribution in [-0.2, 0) is 17.9 Å². The van der Waals surface area contributed by atoms with Gasteiger partial charge in [-0.15, -0.1) is 0 Å². The number of amides is 1. The summed E-state index contributed by atoms with van der Waals surface area (Å²) in [6, 6.07) is 12.5. The van der Waals surface area contributed by atoms with Crippen LogP contribution in [0.2, 0.25) is 5.02 Å². The molecule has 0 aliphatic carbocycles. The Morgan fingerprint density at radius 1 is 0.974 bits per heavy atom. The molecule has 0 saturated carbocycles. The van der Waals surface area contributed by atoms with Gasteiger partial charge in [0.2, 0.25) is 5.91 Å². The van der Waals surface area contributed by atoms with Crippen LogP contribution in [0.5, 0.6) is 5.75 Å². The van der Waals surface area contributed by atoms with E-state index >= 15 is 0 Å². The first kappa shape index (κ1) is 27.7. The third-order valence-corrected chi connectivity index (χ3v) is 8.34. The van der Waals surface area contributed by atoms with Gasteiger partial charge in [0.05, 0.1) is 5.02 Å². The van der Waals surface area contributed by atoms with Gasteiger partial charge in [-0.3, -0.25) is 14.6 Å². The van der Waals surface area contributed by atoms with Crippen molar-refractivity contribution in [3.05, 3.63) is 88.4 Å². The highest BCUT2D eigenvalue weighted by Gasteiger charge is 2.30. The Bertz CT molecular complexity index is 1170. The van der Waals surface area contributed by atoms with Crippen molar-refractivity contribution in [2.45, 2.75) is 26.0 Å². The van der Waals surface area contributed by atoms with Gasteiger partial charge in [-0.1, -0.05) is 35.9 Å². The topological polar surface area (TPSA) is 39.3 Å². The van der Waals surface area contributed by atoms with E-state index in [1.807, 2.05) is 24.3 Å². The minimum Gasteiger partial charge on any atom is -0.489 e. The molecule has 6 nitrogen and oxygen atoms in total. The first-order valence-corrected chi connectivity index (χ1v) is 14.3. The number of piperazine rings is 1. The molecule has 0 unspecified atom stereocenters. The van der Waals surface area contributed by atoms with E-state index in [1.54, 1.807) is 12.1 Å². The normalized spacial score (nSPS) is 19.3. The smallest absolute Gasteiger partial charge is 0.225 e. The summed E-state index contributed by atoms with van der Waals surface area (Å²) in [7, 11) is 2.09. The number of carbonyl (C=O) groups excluding carboxylic acids is 1. The zero-order valence-electron chi connectivity index (χ0n) is 22.7. The SMILES string of the molecule is CN1C=CC(CN2CCC(C(=O)N3CCN(Cc4ccc(OCc5c(F)cccc5Cl)cc4)CC3)CC2)=CC1. The van der Waals surface area contributed by atoms with Crippen molar-refractivity contribution in [3.8, 4) is 5.75 Å². The average Bonchev–Trinajstić information content (AvgIpc) is 2.95. The summed E-state index contributed by atoms with van der Waals surface area (Å²) < 4.78 is 19.7. The minimum atomic E-state index is -0.360. The summed E-state index contributed by atoms with van der Waals surface area (Å²) in [4.78, 5) is 22.3. The van der Waals surface area contributed by atoms with Crippen molar-refractivity contribution < 1.29 is 13.9 Å².